The largest absolute Gasteiger partial charge is 0.459 e. The number of aromatic amines is 1. The van der Waals surface area contributed by atoms with Gasteiger partial charge in [-0.15, -0.1) is 0 Å². The average molecular weight is 430 g/mol. The molecule has 0 aliphatic carbocycles. The number of nitrogens with zero attached hydrogens (tertiary/aromatic N) is 1. The van der Waals surface area contributed by atoms with Crippen LogP contribution in [0.3, 0.4) is 0 Å². The number of benzene rings is 2. The molecule has 0 bridgehead atoms. The fourth-order valence-corrected chi connectivity index (χ4v) is 3.41. The average Bonchev–Trinajstić information content (AvgIpc) is 3.06. The van der Waals surface area contributed by atoms with Gasteiger partial charge < -0.3 is 0 Å². The van der Waals surface area contributed by atoms with Crippen LogP contribution in [0.4, 0.5) is 22.0 Å². The minimum absolute atomic E-state index is 0.0190. The van der Waals surface area contributed by atoms with Crippen LogP contribution in [0.2, 0.25) is 0 Å². The third-order valence-electron chi connectivity index (χ3n) is 4.33. The normalized spacial score (nSPS) is 12.9. The standard InChI is InChI=1S/C19H15F5N2O2S/c1-11-3-5-12(6-4-11)15-16(13-7-9-14(10-8-13)29(2,27)28)25-26-17(15)18(20,21)19(22,23)24/h3-10H,1-2H3,(H,25,26). The molecule has 0 spiro atoms. The maximum Gasteiger partial charge on any atom is 0.459 e. The maximum atomic E-state index is 14.2. The lowest BCUT2D eigenvalue weighted by Gasteiger charge is -2.20. The van der Waals surface area contributed by atoms with Gasteiger partial charge in [0.15, 0.2) is 9.84 Å². The first-order valence-corrected chi connectivity index (χ1v) is 10.1. The minimum atomic E-state index is -5.82. The molecule has 0 radical (unpaired) electrons. The van der Waals surface area contributed by atoms with Crippen molar-refractivity contribution in [1.82, 2.24) is 10.2 Å². The number of rotatable bonds is 4. The van der Waals surface area contributed by atoms with Crippen molar-refractivity contribution in [1.29, 1.82) is 0 Å². The van der Waals surface area contributed by atoms with Crippen LogP contribution in [0.25, 0.3) is 22.4 Å². The zero-order valence-electron chi connectivity index (χ0n) is 15.2. The van der Waals surface area contributed by atoms with Crippen LogP contribution in [0, 0.1) is 6.92 Å². The Labute approximate surface area is 163 Å². The van der Waals surface area contributed by atoms with E-state index in [1.54, 1.807) is 19.1 Å². The zero-order valence-corrected chi connectivity index (χ0v) is 16.0. The van der Waals surface area contributed by atoms with E-state index in [1.165, 1.54) is 36.4 Å². The summed E-state index contributed by atoms with van der Waals surface area (Å²) >= 11 is 0. The smallest absolute Gasteiger partial charge is 0.275 e. The van der Waals surface area contributed by atoms with Crippen molar-refractivity contribution in [3.05, 3.63) is 59.8 Å². The van der Waals surface area contributed by atoms with Crippen LogP contribution in [0.1, 0.15) is 11.3 Å². The summed E-state index contributed by atoms with van der Waals surface area (Å²) < 4.78 is 90.6. The molecule has 4 nitrogen and oxygen atoms in total. The molecule has 29 heavy (non-hydrogen) atoms. The van der Waals surface area contributed by atoms with Crippen LogP contribution < -0.4 is 0 Å². The van der Waals surface area contributed by atoms with Gasteiger partial charge in [0, 0.05) is 17.4 Å². The lowest BCUT2D eigenvalue weighted by atomic mass is 9.96. The van der Waals surface area contributed by atoms with Crippen LogP contribution in [-0.4, -0.2) is 31.0 Å². The van der Waals surface area contributed by atoms with E-state index in [4.69, 9.17) is 0 Å². The third kappa shape index (κ3) is 3.89. The van der Waals surface area contributed by atoms with Crippen LogP contribution in [0.15, 0.2) is 53.4 Å². The Bertz CT molecular complexity index is 1130. The van der Waals surface area contributed by atoms with E-state index in [9.17, 15) is 30.4 Å². The Hall–Kier alpha value is -2.75. The molecule has 2 aromatic carbocycles. The number of halogens is 5. The predicted octanol–water partition coefficient (Wildman–Crippen LogP) is 5.11. The number of alkyl halides is 5. The topological polar surface area (TPSA) is 62.8 Å². The van der Waals surface area contributed by atoms with Crippen LogP contribution in [0.5, 0.6) is 0 Å². The van der Waals surface area contributed by atoms with Gasteiger partial charge in [-0.3, -0.25) is 5.10 Å². The highest BCUT2D eigenvalue weighted by Gasteiger charge is 2.61. The van der Waals surface area contributed by atoms with Gasteiger partial charge in [-0.25, -0.2) is 8.42 Å². The van der Waals surface area contributed by atoms with E-state index < -0.39 is 33.2 Å². The van der Waals surface area contributed by atoms with Crippen LogP contribution in [-0.2, 0) is 15.8 Å². The number of hydrogen-bond donors (Lipinski definition) is 1. The third-order valence-corrected chi connectivity index (χ3v) is 5.46. The van der Waals surface area contributed by atoms with Gasteiger partial charge in [0.1, 0.15) is 11.4 Å². The number of hydrogen-bond acceptors (Lipinski definition) is 3. The van der Waals surface area contributed by atoms with E-state index in [1.807, 2.05) is 5.10 Å². The molecule has 1 N–H and O–H groups in total. The molecular weight excluding hydrogens is 415 g/mol. The van der Waals surface area contributed by atoms with Gasteiger partial charge in [0.05, 0.1) is 4.90 Å². The fourth-order valence-electron chi connectivity index (χ4n) is 2.78. The molecule has 3 aromatic rings. The summed E-state index contributed by atoms with van der Waals surface area (Å²) in [7, 11) is -3.50. The molecule has 1 aromatic heterocycles. The van der Waals surface area contributed by atoms with Crippen molar-refractivity contribution in [3.63, 3.8) is 0 Å². The number of sulfone groups is 1. The Kier molecular flexibility index (Phi) is 5.02. The summed E-state index contributed by atoms with van der Waals surface area (Å²) in [5, 5.41) is 5.54. The van der Waals surface area contributed by atoms with Crippen molar-refractivity contribution in [2.24, 2.45) is 0 Å². The molecule has 0 atom stereocenters. The Morgan fingerprint density at radius 3 is 1.86 bits per heavy atom. The van der Waals surface area contributed by atoms with Crippen molar-refractivity contribution in [2.75, 3.05) is 6.26 Å². The highest BCUT2D eigenvalue weighted by Crippen LogP contribution is 2.48. The van der Waals surface area contributed by atoms with E-state index in [-0.39, 0.29) is 21.7 Å². The van der Waals surface area contributed by atoms with Gasteiger partial charge in [0.2, 0.25) is 0 Å². The summed E-state index contributed by atoms with van der Waals surface area (Å²) in [6.07, 6.45) is -4.83. The molecular formula is C19H15F5N2O2S. The molecule has 0 aliphatic heterocycles. The number of H-pyrrole nitrogens is 1. The molecule has 0 aliphatic rings. The molecule has 0 saturated carbocycles. The first kappa shape index (κ1) is 21.0. The fraction of sp³-hybridized carbons (Fsp3) is 0.211. The van der Waals surface area contributed by atoms with Gasteiger partial charge >= 0.3 is 12.1 Å². The Morgan fingerprint density at radius 1 is 0.862 bits per heavy atom. The summed E-state index contributed by atoms with van der Waals surface area (Å²) in [4.78, 5) is -0.0190. The predicted molar refractivity (Wildman–Crippen MR) is 97.3 cm³/mol. The molecule has 0 fully saturated rings. The van der Waals surface area contributed by atoms with Gasteiger partial charge in [-0.2, -0.15) is 27.1 Å². The number of nitrogens with one attached hydrogen (secondary N) is 1. The van der Waals surface area contributed by atoms with E-state index in [2.05, 4.69) is 5.10 Å². The summed E-state index contributed by atoms with van der Waals surface area (Å²) in [6, 6.07) is 11.1. The molecule has 10 heteroatoms. The monoisotopic (exact) mass is 430 g/mol. The molecule has 0 amide bonds. The highest BCUT2D eigenvalue weighted by molar-refractivity contribution is 7.90. The second-order valence-corrected chi connectivity index (χ2v) is 8.57. The number of aromatic nitrogens is 2. The molecule has 154 valence electrons. The van der Waals surface area contributed by atoms with Crippen molar-refractivity contribution in [3.8, 4) is 22.4 Å². The van der Waals surface area contributed by atoms with Gasteiger partial charge in [-0.1, -0.05) is 42.0 Å². The Balaban J connectivity index is 2.25. The maximum absolute atomic E-state index is 14.2. The van der Waals surface area contributed by atoms with Crippen molar-refractivity contribution < 1.29 is 30.4 Å². The molecule has 0 unspecified atom stereocenters. The lowest BCUT2D eigenvalue weighted by molar-refractivity contribution is -0.290. The molecule has 1 heterocycles. The SMILES string of the molecule is Cc1ccc(-c2c(-c3ccc(S(C)(=O)=O)cc3)n[nH]c2C(F)(F)C(F)(F)F)cc1. The van der Waals surface area contributed by atoms with Crippen molar-refractivity contribution >= 4 is 9.84 Å². The van der Waals surface area contributed by atoms with E-state index in [0.29, 0.717) is 0 Å². The first-order valence-electron chi connectivity index (χ1n) is 8.23. The first-order chi connectivity index (χ1) is 13.3. The van der Waals surface area contributed by atoms with Crippen LogP contribution >= 0.6 is 0 Å². The number of aryl methyl sites for hydroxylation is 1. The Morgan fingerprint density at radius 2 is 1.38 bits per heavy atom. The zero-order chi connectivity index (χ0) is 21.6. The van der Waals surface area contributed by atoms with Gasteiger partial charge in [-0.05, 0) is 24.6 Å². The van der Waals surface area contributed by atoms with E-state index >= 15 is 0 Å². The summed E-state index contributed by atoms with van der Waals surface area (Å²) in [6.45, 7) is 1.75. The second kappa shape index (κ2) is 6.94. The van der Waals surface area contributed by atoms with Gasteiger partial charge in [0.25, 0.3) is 0 Å². The van der Waals surface area contributed by atoms with E-state index in [0.717, 1.165) is 11.8 Å². The van der Waals surface area contributed by atoms with Crippen molar-refractivity contribution in [2.45, 2.75) is 23.9 Å². The summed E-state index contributed by atoms with van der Waals surface area (Å²) in [5.41, 5.74) is -0.831. The highest BCUT2D eigenvalue weighted by atomic mass is 32.2. The quantitative estimate of drug-likeness (QED) is 0.585. The molecule has 3 rings (SSSR count). The second-order valence-electron chi connectivity index (χ2n) is 6.56. The molecule has 0 saturated heterocycles. The minimum Gasteiger partial charge on any atom is -0.275 e. The summed E-state index contributed by atoms with van der Waals surface area (Å²) in [5.74, 6) is -5.16. The lowest BCUT2D eigenvalue weighted by Crippen LogP contribution is -2.34.